The predicted octanol–water partition coefficient (Wildman–Crippen LogP) is 4.52. The number of hydrogen-bond donors (Lipinski definition) is 1. The van der Waals surface area contributed by atoms with E-state index < -0.39 is 0 Å². The summed E-state index contributed by atoms with van der Waals surface area (Å²) in [5.74, 6) is 0. The molecule has 1 aromatic carbocycles. The van der Waals surface area contributed by atoms with Gasteiger partial charge in [0.1, 0.15) is 0 Å². The molecule has 21 heavy (non-hydrogen) atoms. The van der Waals surface area contributed by atoms with Gasteiger partial charge in [-0.15, -0.1) is 17.9 Å². The molecule has 0 unspecified atom stereocenters. The Morgan fingerprint density at radius 2 is 2.19 bits per heavy atom. The van der Waals surface area contributed by atoms with Crippen LogP contribution in [0.15, 0.2) is 36.2 Å². The molecule has 0 amide bonds. The van der Waals surface area contributed by atoms with E-state index in [1.54, 1.807) is 11.3 Å². The first kappa shape index (κ1) is 13.9. The number of nitrogens with zero attached hydrogens (tertiary/aromatic N) is 2. The van der Waals surface area contributed by atoms with Crippen LogP contribution in [0.4, 0.5) is 5.13 Å². The van der Waals surface area contributed by atoms with Crippen LogP contribution in [0.5, 0.6) is 0 Å². The van der Waals surface area contributed by atoms with Gasteiger partial charge in [-0.1, -0.05) is 18.2 Å². The van der Waals surface area contributed by atoms with Crippen LogP contribution in [-0.2, 0) is 7.05 Å². The summed E-state index contributed by atoms with van der Waals surface area (Å²) in [6.07, 6.45) is 1.84. The third-order valence-corrected chi connectivity index (χ3v) is 4.61. The van der Waals surface area contributed by atoms with E-state index in [9.17, 15) is 0 Å². The maximum absolute atomic E-state index is 4.71. The van der Waals surface area contributed by atoms with Crippen molar-refractivity contribution in [2.45, 2.75) is 13.8 Å². The molecule has 0 bridgehead atoms. The van der Waals surface area contributed by atoms with Crippen LogP contribution in [0.3, 0.4) is 0 Å². The molecular weight excluding hydrogens is 278 g/mol. The van der Waals surface area contributed by atoms with Crippen molar-refractivity contribution in [2.24, 2.45) is 7.05 Å². The third kappa shape index (κ3) is 2.36. The molecule has 0 radical (unpaired) electrons. The monoisotopic (exact) mass is 297 g/mol. The molecule has 0 spiro atoms. The fraction of sp³-hybridized carbons (Fsp3) is 0.235. The van der Waals surface area contributed by atoms with E-state index in [1.165, 1.54) is 27.7 Å². The summed E-state index contributed by atoms with van der Waals surface area (Å²) in [5, 5.41) is 7.57. The summed E-state index contributed by atoms with van der Waals surface area (Å²) in [6.45, 7) is 8.74. The summed E-state index contributed by atoms with van der Waals surface area (Å²) >= 11 is 1.63. The average Bonchev–Trinajstić information content (AvgIpc) is 3.02. The normalized spacial score (nSPS) is 11.0. The molecule has 0 saturated carbocycles. The SMILES string of the molecule is C=CCNc1nc(-c2c(C)n(C)c3cc(C)ccc23)cs1. The van der Waals surface area contributed by atoms with Crippen molar-refractivity contribution in [3.63, 3.8) is 0 Å². The van der Waals surface area contributed by atoms with Gasteiger partial charge in [-0.3, -0.25) is 0 Å². The van der Waals surface area contributed by atoms with Gasteiger partial charge in [-0.25, -0.2) is 4.98 Å². The van der Waals surface area contributed by atoms with Crippen molar-refractivity contribution in [1.82, 2.24) is 9.55 Å². The molecule has 4 heteroatoms. The first-order valence-electron chi connectivity index (χ1n) is 6.98. The van der Waals surface area contributed by atoms with Crippen LogP contribution in [0.1, 0.15) is 11.3 Å². The lowest BCUT2D eigenvalue weighted by Crippen LogP contribution is -1.96. The third-order valence-electron chi connectivity index (χ3n) is 3.81. The van der Waals surface area contributed by atoms with Gasteiger partial charge in [0.2, 0.25) is 0 Å². The Morgan fingerprint density at radius 1 is 1.38 bits per heavy atom. The first-order chi connectivity index (χ1) is 10.1. The van der Waals surface area contributed by atoms with Gasteiger partial charge >= 0.3 is 0 Å². The molecule has 0 atom stereocenters. The molecule has 108 valence electrons. The Hall–Kier alpha value is -2.07. The highest BCUT2D eigenvalue weighted by atomic mass is 32.1. The smallest absolute Gasteiger partial charge is 0.183 e. The molecular formula is C17H19N3S. The summed E-state index contributed by atoms with van der Waals surface area (Å²) in [5.41, 5.74) is 6.06. The van der Waals surface area contributed by atoms with Crippen molar-refractivity contribution < 1.29 is 0 Å². The minimum Gasteiger partial charge on any atom is -0.358 e. The van der Waals surface area contributed by atoms with Crippen molar-refractivity contribution >= 4 is 27.4 Å². The Kier molecular flexibility index (Phi) is 3.55. The van der Waals surface area contributed by atoms with Crippen molar-refractivity contribution in [1.29, 1.82) is 0 Å². The summed E-state index contributed by atoms with van der Waals surface area (Å²) in [7, 11) is 2.11. The number of hydrogen-bond acceptors (Lipinski definition) is 3. The molecule has 3 rings (SSSR count). The van der Waals surface area contributed by atoms with Crippen LogP contribution >= 0.6 is 11.3 Å². The summed E-state index contributed by atoms with van der Waals surface area (Å²) in [4.78, 5) is 4.71. The van der Waals surface area contributed by atoms with Gasteiger partial charge in [0, 0.05) is 41.1 Å². The maximum Gasteiger partial charge on any atom is 0.183 e. The number of nitrogens with one attached hydrogen (secondary N) is 1. The van der Waals surface area contributed by atoms with Gasteiger partial charge in [-0.05, 0) is 25.5 Å². The van der Waals surface area contributed by atoms with E-state index in [0.29, 0.717) is 0 Å². The first-order valence-corrected chi connectivity index (χ1v) is 7.86. The fourth-order valence-electron chi connectivity index (χ4n) is 2.63. The molecule has 0 saturated heterocycles. The molecule has 3 aromatic rings. The molecule has 3 nitrogen and oxygen atoms in total. The van der Waals surface area contributed by atoms with Gasteiger partial charge in [0.05, 0.1) is 5.69 Å². The van der Waals surface area contributed by atoms with E-state index in [2.05, 4.69) is 60.9 Å². The average molecular weight is 297 g/mol. The highest BCUT2D eigenvalue weighted by Gasteiger charge is 2.16. The minimum atomic E-state index is 0.737. The van der Waals surface area contributed by atoms with Crippen molar-refractivity contribution in [3.8, 4) is 11.3 Å². The number of anilines is 1. The van der Waals surface area contributed by atoms with Gasteiger partial charge in [-0.2, -0.15) is 0 Å². The van der Waals surface area contributed by atoms with E-state index in [4.69, 9.17) is 4.98 Å². The summed E-state index contributed by atoms with van der Waals surface area (Å²) in [6, 6.07) is 6.59. The zero-order chi connectivity index (χ0) is 15.0. The summed E-state index contributed by atoms with van der Waals surface area (Å²) < 4.78 is 2.24. The molecule has 0 aliphatic heterocycles. The Labute approximate surface area is 128 Å². The Balaban J connectivity index is 2.13. The largest absolute Gasteiger partial charge is 0.358 e. The highest BCUT2D eigenvalue weighted by molar-refractivity contribution is 7.14. The second kappa shape index (κ2) is 5.37. The van der Waals surface area contributed by atoms with Crippen LogP contribution in [-0.4, -0.2) is 16.1 Å². The van der Waals surface area contributed by atoms with Crippen LogP contribution < -0.4 is 5.32 Å². The van der Waals surface area contributed by atoms with E-state index in [0.717, 1.165) is 17.4 Å². The number of thiazole rings is 1. The maximum atomic E-state index is 4.71. The van der Waals surface area contributed by atoms with E-state index >= 15 is 0 Å². The van der Waals surface area contributed by atoms with Gasteiger partial charge in [0.25, 0.3) is 0 Å². The predicted molar refractivity (Wildman–Crippen MR) is 92.2 cm³/mol. The number of aryl methyl sites for hydroxylation is 2. The second-order valence-electron chi connectivity index (χ2n) is 5.25. The van der Waals surface area contributed by atoms with Crippen LogP contribution in [0, 0.1) is 13.8 Å². The molecule has 2 aromatic heterocycles. The van der Waals surface area contributed by atoms with Gasteiger partial charge in [0.15, 0.2) is 5.13 Å². The zero-order valence-electron chi connectivity index (χ0n) is 12.6. The second-order valence-corrected chi connectivity index (χ2v) is 6.11. The lowest BCUT2D eigenvalue weighted by molar-refractivity contribution is 0.918. The Bertz CT molecular complexity index is 811. The molecule has 0 aliphatic rings. The number of rotatable bonds is 4. The lowest BCUT2D eigenvalue weighted by Gasteiger charge is -1.99. The molecule has 0 fully saturated rings. The van der Waals surface area contributed by atoms with Gasteiger partial charge < -0.3 is 9.88 Å². The fourth-order valence-corrected chi connectivity index (χ4v) is 3.34. The van der Waals surface area contributed by atoms with E-state index in [-0.39, 0.29) is 0 Å². The lowest BCUT2D eigenvalue weighted by atomic mass is 10.1. The topological polar surface area (TPSA) is 29.9 Å². The van der Waals surface area contributed by atoms with Crippen molar-refractivity contribution in [2.75, 3.05) is 11.9 Å². The zero-order valence-corrected chi connectivity index (χ0v) is 13.4. The highest BCUT2D eigenvalue weighted by Crippen LogP contribution is 2.35. The minimum absolute atomic E-state index is 0.737. The molecule has 0 aliphatic carbocycles. The van der Waals surface area contributed by atoms with Crippen LogP contribution in [0.25, 0.3) is 22.2 Å². The number of fused-ring (bicyclic) bond motifs is 1. The molecule has 2 heterocycles. The van der Waals surface area contributed by atoms with E-state index in [1.807, 2.05) is 6.08 Å². The van der Waals surface area contributed by atoms with Crippen molar-refractivity contribution in [3.05, 3.63) is 47.5 Å². The van der Waals surface area contributed by atoms with Crippen LogP contribution in [0.2, 0.25) is 0 Å². The Morgan fingerprint density at radius 3 is 2.95 bits per heavy atom. The quantitative estimate of drug-likeness (QED) is 0.718. The number of aromatic nitrogens is 2. The number of benzene rings is 1. The standard InChI is InChI=1S/C17H19N3S/c1-5-8-18-17-19-14(10-21-17)16-12(3)20(4)15-9-11(2)6-7-13(15)16/h5-7,9-10H,1,8H2,2-4H3,(H,18,19). The molecule has 1 N–H and O–H groups in total.